The lowest BCUT2D eigenvalue weighted by Gasteiger charge is -2.20. The number of pyridine rings is 2. The van der Waals surface area contributed by atoms with Crippen molar-refractivity contribution >= 4 is 21.7 Å². The van der Waals surface area contributed by atoms with E-state index in [2.05, 4.69) is 53.5 Å². The van der Waals surface area contributed by atoms with Gasteiger partial charge in [-0.25, -0.2) is 0 Å². The van der Waals surface area contributed by atoms with E-state index in [0.717, 1.165) is 17.6 Å². The van der Waals surface area contributed by atoms with Gasteiger partial charge in [0.2, 0.25) is 0 Å². The maximum absolute atomic E-state index is 4.74. The predicted molar refractivity (Wildman–Crippen MR) is 85.3 cm³/mol. The van der Waals surface area contributed by atoms with E-state index in [1.807, 2.05) is 12.4 Å². The van der Waals surface area contributed by atoms with Gasteiger partial charge in [-0.3, -0.25) is 9.97 Å². The van der Waals surface area contributed by atoms with E-state index < -0.39 is 0 Å². The zero-order valence-corrected chi connectivity index (χ0v) is 11.4. The van der Waals surface area contributed by atoms with Gasteiger partial charge in [-0.2, -0.15) is 0 Å². The van der Waals surface area contributed by atoms with Crippen molar-refractivity contribution in [3.8, 4) is 11.3 Å². The van der Waals surface area contributed by atoms with Crippen LogP contribution in [0.1, 0.15) is 11.1 Å². The van der Waals surface area contributed by atoms with Crippen LogP contribution >= 0.6 is 0 Å². The highest BCUT2D eigenvalue weighted by molar-refractivity contribution is 6.02. The molecule has 0 atom stereocenters. The third-order valence-electron chi connectivity index (χ3n) is 4.38. The molecule has 0 radical (unpaired) electrons. The Morgan fingerprint density at radius 3 is 2.81 bits per heavy atom. The minimum absolute atomic E-state index is 0.930. The fraction of sp³-hybridized carbons (Fsp3) is 0.0526. The Kier molecular flexibility index (Phi) is 2.03. The van der Waals surface area contributed by atoms with Crippen LogP contribution in [0.25, 0.3) is 32.9 Å². The molecule has 1 aliphatic carbocycles. The largest absolute Gasteiger partial charge is 0.256 e. The van der Waals surface area contributed by atoms with Gasteiger partial charge in [-0.15, -0.1) is 0 Å². The first kappa shape index (κ1) is 11.0. The van der Waals surface area contributed by atoms with Crippen LogP contribution in [0.3, 0.4) is 0 Å². The number of fused-ring (bicyclic) bond motifs is 4. The molecule has 2 heterocycles. The van der Waals surface area contributed by atoms with Gasteiger partial charge >= 0.3 is 0 Å². The first-order valence-corrected chi connectivity index (χ1v) is 7.15. The van der Waals surface area contributed by atoms with Gasteiger partial charge in [0, 0.05) is 35.2 Å². The summed E-state index contributed by atoms with van der Waals surface area (Å²) in [6.45, 7) is 0. The highest BCUT2D eigenvalue weighted by Crippen LogP contribution is 2.39. The summed E-state index contributed by atoms with van der Waals surface area (Å²) in [5.41, 5.74) is 6.06. The number of hydrogen-bond donors (Lipinski definition) is 0. The van der Waals surface area contributed by atoms with E-state index in [1.165, 1.54) is 32.8 Å². The molecule has 0 N–H and O–H groups in total. The van der Waals surface area contributed by atoms with Crippen LogP contribution in [0.15, 0.2) is 60.9 Å². The van der Waals surface area contributed by atoms with Gasteiger partial charge in [-0.05, 0) is 28.6 Å². The van der Waals surface area contributed by atoms with Gasteiger partial charge in [0.15, 0.2) is 0 Å². The number of benzene rings is 2. The molecule has 0 saturated heterocycles. The van der Waals surface area contributed by atoms with Crippen molar-refractivity contribution in [3.05, 3.63) is 72.1 Å². The second-order valence-electron chi connectivity index (χ2n) is 5.52. The highest BCUT2D eigenvalue weighted by atomic mass is 14.7. The summed E-state index contributed by atoms with van der Waals surface area (Å²) in [5, 5.41) is 3.78. The second-order valence-corrected chi connectivity index (χ2v) is 5.52. The molecule has 0 spiro atoms. The summed E-state index contributed by atoms with van der Waals surface area (Å²) >= 11 is 0. The molecular formula is C19H12N2. The number of aromatic nitrogens is 2. The molecule has 1 aliphatic rings. The smallest absolute Gasteiger partial charge is 0.0751 e. The maximum atomic E-state index is 4.74. The zero-order chi connectivity index (χ0) is 13.8. The maximum Gasteiger partial charge on any atom is 0.0751 e. The molecule has 5 rings (SSSR count). The van der Waals surface area contributed by atoms with E-state index in [-0.39, 0.29) is 0 Å². The molecule has 0 saturated carbocycles. The molecule has 0 unspecified atom stereocenters. The van der Waals surface area contributed by atoms with Crippen LogP contribution in [0.5, 0.6) is 0 Å². The van der Waals surface area contributed by atoms with Gasteiger partial charge in [-0.1, -0.05) is 36.4 Å². The van der Waals surface area contributed by atoms with E-state index >= 15 is 0 Å². The predicted octanol–water partition coefficient (Wildman–Crippen LogP) is 4.35. The standard InChI is InChI=1S/C19H12N2/c1-2-6-14-13(4-1)11-21-19-15-8-9-20-17-7-3-5-12(18(15)17)10-16(14)19/h1-9,11H,10H2. The van der Waals surface area contributed by atoms with E-state index in [9.17, 15) is 0 Å². The summed E-state index contributed by atoms with van der Waals surface area (Å²) in [7, 11) is 0. The van der Waals surface area contributed by atoms with Gasteiger partial charge < -0.3 is 0 Å². The average molecular weight is 268 g/mol. The van der Waals surface area contributed by atoms with Crippen molar-refractivity contribution < 1.29 is 0 Å². The Morgan fingerprint density at radius 1 is 0.857 bits per heavy atom. The van der Waals surface area contributed by atoms with Crippen LogP contribution in [0, 0.1) is 0 Å². The SMILES string of the molecule is c1ccc2c3c(ncc2c1)-c1ccnc2cccc(c12)C3. The first-order chi connectivity index (χ1) is 10.4. The van der Waals surface area contributed by atoms with Crippen molar-refractivity contribution in [1.29, 1.82) is 0 Å². The molecular weight excluding hydrogens is 256 g/mol. The fourth-order valence-corrected chi connectivity index (χ4v) is 3.45. The zero-order valence-electron chi connectivity index (χ0n) is 11.4. The summed E-state index contributed by atoms with van der Waals surface area (Å²) in [5.74, 6) is 0. The molecule has 0 fully saturated rings. The van der Waals surface area contributed by atoms with Gasteiger partial charge in [0.1, 0.15) is 0 Å². The Bertz CT molecular complexity index is 1010. The first-order valence-electron chi connectivity index (χ1n) is 7.15. The van der Waals surface area contributed by atoms with E-state index in [0.29, 0.717) is 0 Å². The molecule has 0 bridgehead atoms. The second kappa shape index (κ2) is 3.89. The molecule has 2 aromatic heterocycles. The van der Waals surface area contributed by atoms with Gasteiger partial charge in [0.25, 0.3) is 0 Å². The van der Waals surface area contributed by atoms with Gasteiger partial charge in [0.05, 0.1) is 11.2 Å². The molecule has 2 nitrogen and oxygen atoms in total. The van der Waals surface area contributed by atoms with Crippen LogP contribution in [0.2, 0.25) is 0 Å². The van der Waals surface area contributed by atoms with E-state index in [1.54, 1.807) is 0 Å². The lowest BCUT2D eigenvalue weighted by Crippen LogP contribution is -2.04. The Hall–Kier alpha value is -2.74. The fourth-order valence-electron chi connectivity index (χ4n) is 3.45. The number of nitrogens with zero attached hydrogens (tertiary/aromatic N) is 2. The third-order valence-corrected chi connectivity index (χ3v) is 4.38. The average Bonchev–Trinajstić information content (AvgIpc) is 2.55. The Balaban J connectivity index is 1.98. The minimum Gasteiger partial charge on any atom is -0.256 e. The van der Waals surface area contributed by atoms with Crippen molar-refractivity contribution in [3.63, 3.8) is 0 Å². The summed E-state index contributed by atoms with van der Waals surface area (Å²) in [4.78, 5) is 9.24. The molecule has 0 amide bonds. The molecule has 98 valence electrons. The van der Waals surface area contributed by atoms with Crippen molar-refractivity contribution in [2.45, 2.75) is 6.42 Å². The minimum atomic E-state index is 0.930. The lowest BCUT2D eigenvalue weighted by molar-refractivity contribution is 1.16. The summed E-state index contributed by atoms with van der Waals surface area (Å²) in [6, 6.07) is 17.0. The molecule has 21 heavy (non-hydrogen) atoms. The van der Waals surface area contributed by atoms with Crippen LogP contribution < -0.4 is 0 Å². The quantitative estimate of drug-likeness (QED) is 0.417. The van der Waals surface area contributed by atoms with Crippen LogP contribution in [0.4, 0.5) is 0 Å². The number of rotatable bonds is 0. The monoisotopic (exact) mass is 268 g/mol. The number of hydrogen-bond acceptors (Lipinski definition) is 2. The summed E-state index contributed by atoms with van der Waals surface area (Å²) in [6.07, 6.45) is 4.79. The molecule has 2 heteroatoms. The van der Waals surface area contributed by atoms with Crippen molar-refractivity contribution in [2.24, 2.45) is 0 Å². The normalized spacial score (nSPS) is 12.6. The lowest BCUT2D eigenvalue weighted by atomic mass is 9.86. The molecule has 2 aromatic carbocycles. The highest BCUT2D eigenvalue weighted by Gasteiger charge is 2.21. The van der Waals surface area contributed by atoms with Crippen LogP contribution in [-0.4, -0.2) is 9.97 Å². The van der Waals surface area contributed by atoms with Crippen LogP contribution in [-0.2, 0) is 6.42 Å². The summed E-state index contributed by atoms with van der Waals surface area (Å²) < 4.78 is 0. The topological polar surface area (TPSA) is 25.8 Å². The Labute approximate surface area is 122 Å². The third kappa shape index (κ3) is 1.42. The Morgan fingerprint density at radius 2 is 1.81 bits per heavy atom. The van der Waals surface area contributed by atoms with Crippen molar-refractivity contribution in [1.82, 2.24) is 9.97 Å². The van der Waals surface area contributed by atoms with Crippen molar-refractivity contribution in [2.75, 3.05) is 0 Å². The molecule has 0 aliphatic heterocycles. The van der Waals surface area contributed by atoms with E-state index in [4.69, 9.17) is 4.98 Å². The molecule has 4 aromatic rings.